The lowest BCUT2D eigenvalue weighted by Gasteiger charge is -2.50. The monoisotopic (exact) mass is 953 g/mol. The molecule has 4 saturated heterocycles. The molecule has 11 atom stereocenters. The second kappa shape index (κ2) is 19.5. The van der Waals surface area contributed by atoms with E-state index in [1.807, 2.05) is 109 Å². The van der Waals surface area contributed by atoms with Gasteiger partial charge in [-0.1, -0.05) is 127 Å². The van der Waals surface area contributed by atoms with E-state index in [0.717, 1.165) is 36.0 Å². The molecule has 0 spiro atoms. The molecule has 14 nitrogen and oxygen atoms in total. The number of aliphatic hydroxyl groups is 1. The predicted molar refractivity (Wildman–Crippen MR) is 257 cm³/mol. The average Bonchev–Trinajstić information content (AvgIpc) is 3.88. The summed E-state index contributed by atoms with van der Waals surface area (Å²) in [6.45, 7) is 5.00. The number of aliphatic hydroxyl groups excluding tert-OH is 1. The summed E-state index contributed by atoms with van der Waals surface area (Å²) in [5.74, 6) is -3.15. The van der Waals surface area contributed by atoms with Crippen LogP contribution in [0.5, 0.6) is 0 Å². The van der Waals surface area contributed by atoms with Gasteiger partial charge in [0.25, 0.3) is 0 Å². The molecule has 0 aromatic heterocycles. The van der Waals surface area contributed by atoms with E-state index in [-0.39, 0.29) is 32.2 Å². The third-order valence-corrected chi connectivity index (χ3v) is 14.8. The summed E-state index contributed by atoms with van der Waals surface area (Å²) in [5.41, 5.74) is 1.74. The molecule has 2 aliphatic carbocycles. The molecule has 368 valence electrons. The summed E-state index contributed by atoms with van der Waals surface area (Å²) in [6.07, 6.45) is 4.81. The predicted octanol–water partition coefficient (Wildman–Crippen LogP) is 6.42. The minimum absolute atomic E-state index is 0.0303. The van der Waals surface area contributed by atoms with Crippen LogP contribution in [-0.2, 0) is 66.5 Å². The van der Waals surface area contributed by atoms with Crippen molar-refractivity contribution in [1.29, 1.82) is 0 Å². The number of fused-ring (bicyclic) bond motifs is 5. The molecular formula is C56H63N3O11. The van der Waals surface area contributed by atoms with Gasteiger partial charge in [0.05, 0.1) is 31.4 Å². The second-order valence-electron chi connectivity index (χ2n) is 20.8. The highest BCUT2D eigenvalue weighted by Crippen LogP contribution is 2.60. The number of esters is 2. The Morgan fingerprint density at radius 1 is 0.871 bits per heavy atom. The minimum atomic E-state index is -1.62. The lowest BCUT2D eigenvalue weighted by atomic mass is 9.62. The van der Waals surface area contributed by atoms with Gasteiger partial charge in [0, 0.05) is 37.4 Å². The number of carbonyl (C=O) groups is 4. The highest BCUT2D eigenvalue weighted by Gasteiger charge is 2.77. The topological polar surface area (TPSA) is 166 Å². The van der Waals surface area contributed by atoms with E-state index in [1.165, 1.54) is 4.90 Å². The first kappa shape index (κ1) is 47.9. The molecule has 6 fully saturated rings. The molecule has 10 rings (SSSR count). The number of allylic oxidation sites excluding steroid dienone is 1. The number of nitrogens with one attached hydrogen (secondary N) is 1. The fourth-order valence-corrected chi connectivity index (χ4v) is 11.4. The number of nitrogens with zero attached hydrogens (tertiary/aromatic N) is 2. The Labute approximate surface area is 409 Å². The highest BCUT2D eigenvalue weighted by molar-refractivity contribution is 5.96. The molecule has 2 amide bonds. The molecule has 4 heterocycles. The quantitative estimate of drug-likeness (QED) is 0.0937. The fourth-order valence-electron chi connectivity index (χ4n) is 11.4. The maximum atomic E-state index is 16.1. The van der Waals surface area contributed by atoms with Crippen LogP contribution in [-0.4, -0.2) is 113 Å². The second-order valence-corrected chi connectivity index (χ2v) is 20.8. The van der Waals surface area contributed by atoms with Gasteiger partial charge >= 0.3 is 11.9 Å². The zero-order valence-electron chi connectivity index (χ0n) is 40.2. The molecule has 4 aromatic rings. The van der Waals surface area contributed by atoms with Gasteiger partial charge in [-0.3, -0.25) is 24.0 Å². The number of likely N-dealkylation sites (N-methyl/N-ethyl adjacent to an activating group) is 1. The first-order valence-corrected chi connectivity index (χ1v) is 24.7. The molecule has 6 aliphatic rings. The number of epoxide rings is 1. The van der Waals surface area contributed by atoms with E-state index in [4.69, 9.17) is 28.5 Å². The molecule has 2 saturated carbocycles. The standard InChI is InChI=1S/C56H63N3O11/c1-54(2,3)67-46(61)28-26-41(34-60)57-51(62)42(30-35-15-8-5-9-16-35)58(4)53(64)55-32-45-47-48(69-56(68-47,39-19-10-6-11-20-39)40-21-12-7-13-22-40)50(55)70-59(49(55)52(63)66-45)33-38-18-14-17-36(29-38)23-24-37-25-27-43-44(31-37)65-43/h5-24,29,37,41-45,47-50,60H,25-28,30-34H2,1-4H3,(H,57,62)/t37?,41-,42+,43?,44?,45+,47-,48-,49-,50+,55-/m0/s1. The Morgan fingerprint density at radius 3 is 2.21 bits per heavy atom. The summed E-state index contributed by atoms with van der Waals surface area (Å²) < 4.78 is 32.0. The number of hydrogen-bond acceptors (Lipinski definition) is 12. The molecule has 4 aromatic carbocycles. The number of hydrogen-bond donors (Lipinski definition) is 2. The van der Waals surface area contributed by atoms with Gasteiger partial charge in [-0.15, -0.1) is 0 Å². The number of benzene rings is 4. The Hall–Kier alpha value is -5.74. The summed E-state index contributed by atoms with van der Waals surface area (Å²) in [5, 5.41) is 15.0. The summed E-state index contributed by atoms with van der Waals surface area (Å²) >= 11 is 0. The van der Waals surface area contributed by atoms with Crippen LogP contribution in [0.15, 0.2) is 121 Å². The first-order valence-electron chi connectivity index (χ1n) is 24.7. The zero-order valence-corrected chi connectivity index (χ0v) is 40.2. The normalized spacial score (nSPS) is 29.3. The summed E-state index contributed by atoms with van der Waals surface area (Å²) in [4.78, 5) is 66.8. The molecule has 4 aliphatic heterocycles. The zero-order chi connectivity index (χ0) is 48.8. The fraction of sp³-hybridized carbons (Fsp3) is 0.464. The summed E-state index contributed by atoms with van der Waals surface area (Å²) in [7, 11) is 1.57. The van der Waals surface area contributed by atoms with Crippen molar-refractivity contribution >= 4 is 29.8 Å². The van der Waals surface area contributed by atoms with Crippen molar-refractivity contribution in [3.05, 3.63) is 149 Å². The Balaban J connectivity index is 1.00. The molecule has 2 bridgehead atoms. The van der Waals surface area contributed by atoms with Gasteiger partial charge in [-0.25, -0.2) is 0 Å². The van der Waals surface area contributed by atoms with E-state index in [0.29, 0.717) is 29.3 Å². The highest BCUT2D eigenvalue weighted by atomic mass is 16.8. The van der Waals surface area contributed by atoms with Crippen LogP contribution in [0.1, 0.15) is 87.1 Å². The van der Waals surface area contributed by atoms with E-state index < -0.39 is 89.7 Å². The maximum Gasteiger partial charge on any atom is 0.327 e. The number of hydroxylamine groups is 2. The van der Waals surface area contributed by atoms with Gasteiger partial charge in [-0.05, 0) is 69.1 Å². The molecule has 0 radical (unpaired) electrons. The van der Waals surface area contributed by atoms with Crippen LogP contribution in [0.2, 0.25) is 0 Å². The maximum absolute atomic E-state index is 16.1. The molecule has 3 unspecified atom stereocenters. The van der Waals surface area contributed by atoms with Crippen molar-refractivity contribution in [2.24, 2.45) is 11.3 Å². The summed E-state index contributed by atoms with van der Waals surface area (Å²) in [6, 6.07) is 33.4. The largest absolute Gasteiger partial charge is 0.460 e. The van der Waals surface area contributed by atoms with E-state index in [2.05, 4.69) is 23.5 Å². The molecule has 2 N–H and O–H groups in total. The van der Waals surface area contributed by atoms with E-state index in [9.17, 15) is 19.5 Å². The van der Waals surface area contributed by atoms with Crippen molar-refractivity contribution in [3.63, 3.8) is 0 Å². The number of ether oxygens (including phenoxy) is 5. The lowest BCUT2D eigenvalue weighted by molar-refractivity contribution is -0.214. The van der Waals surface area contributed by atoms with E-state index >= 15 is 4.79 Å². The van der Waals surface area contributed by atoms with Crippen molar-refractivity contribution < 1.29 is 52.8 Å². The van der Waals surface area contributed by atoms with Gasteiger partial charge < -0.3 is 39.0 Å². The van der Waals surface area contributed by atoms with Gasteiger partial charge in [-0.2, -0.15) is 5.06 Å². The smallest absolute Gasteiger partial charge is 0.327 e. The molecular weight excluding hydrogens is 891 g/mol. The number of amides is 2. The van der Waals surface area contributed by atoms with Crippen LogP contribution in [0, 0.1) is 11.3 Å². The van der Waals surface area contributed by atoms with Gasteiger partial charge in [0.2, 0.25) is 17.6 Å². The van der Waals surface area contributed by atoms with Crippen molar-refractivity contribution in [1.82, 2.24) is 15.3 Å². The lowest BCUT2D eigenvalue weighted by Crippen LogP contribution is -2.70. The van der Waals surface area contributed by atoms with Crippen molar-refractivity contribution in [3.8, 4) is 0 Å². The van der Waals surface area contributed by atoms with Crippen molar-refractivity contribution in [2.75, 3.05) is 13.7 Å². The average molecular weight is 954 g/mol. The molecule has 70 heavy (non-hydrogen) atoms. The third kappa shape index (κ3) is 9.45. The minimum Gasteiger partial charge on any atom is -0.460 e. The van der Waals surface area contributed by atoms with E-state index in [1.54, 1.807) is 32.9 Å². The van der Waals surface area contributed by atoms with Crippen LogP contribution >= 0.6 is 0 Å². The first-order chi connectivity index (χ1) is 33.7. The van der Waals surface area contributed by atoms with Crippen LogP contribution in [0.25, 0.3) is 6.08 Å². The van der Waals surface area contributed by atoms with Crippen LogP contribution < -0.4 is 5.32 Å². The Bertz CT molecular complexity index is 2530. The molecule has 14 heteroatoms. The SMILES string of the molecule is CN(C(=O)[C@@]12C[C@H]3OC(=O)[C@@H]1N(Cc1cccc(C=CC4CCC5OC5C4)c1)O[C@@H]2[C@H]1OC(c2ccccc2)(c2ccccc2)O[C@H]13)[C@H](Cc1ccccc1)C(=O)N[C@H](CO)CCC(=O)OC(C)(C)C. The third-order valence-electron chi connectivity index (χ3n) is 14.8. The van der Waals surface area contributed by atoms with Crippen LogP contribution in [0.4, 0.5) is 0 Å². The number of carbonyl (C=O) groups excluding carboxylic acids is 4. The number of rotatable bonds is 16. The van der Waals surface area contributed by atoms with Gasteiger partial charge in [0.1, 0.15) is 41.5 Å². The van der Waals surface area contributed by atoms with Gasteiger partial charge in [0.15, 0.2) is 6.04 Å². The Kier molecular flexibility index (Phi) is 13.3. The van der Waals surface area contributed by atoms with Crippen LogP contribution in [0.3, 0.4) is 0 Å². The Morgan fingerprint density at radius 2 is 1.54 bits per heavy atom. The van der Waals surface area contributed by atoms with Crippen molar-refractivity contribution in [2.45, 2.75) is 138 Å².